The second-order valence-electron chi connectivity index (χ2n) is 9.88. The molecule has 4 aliphatic rings. The van der Waals surface area contributed by atoms with Crippen LogP contribution in [-0.2, 0) is 19.2 Å². The van der Waals surface area contributed by atoms with Crippen LogP contribution >= 0.6 is 23.2 Å². The zero-order chi connectivity index (χ0) is 25.3. The third-order valence-corrected chi connectivity index (χ3v) is 8.31. The molecule has 0 spiro atoms. The van der Waals surface area contributed by atoms with Crippen LogP contribution < -0.4 is 14.5 Å². The maximum absolute atomic E-state index is 13.1. The van der Waals surface area contributed by atoms with E-state index in [2.05, 4.69) is 12.2 Å². The second-order valence-corrected chi connectivity index (χ2v) is 10.7. The molecular weight excluding hydrogens is 503 g/mol. The Morgan fingerprint density at radius 2 is 1.64 bits per heavy atom. The van der Waals surface area contributed by atoms with Crippen LogP contribution in [0.4, 0.5) is 11.4 Å². The smallest absolute Gasteiger partial charge is 0.316 e. The van der Waals surface area contributed by atoms with E-state index in [1.807, 2.05) is 0 Å². The third-order valence-electron chi connectivity index (χ3n) is 7.76. The number of carbonyl (C=O) groups excluding carboxylic acids is 4. The first-order chi connectivity index (χ1) is 17.2. The zero-order valence-corrected chi connectivity index (χ0v) is 20.8. The van der Waals surface area contributed by atoms with Gasteiger partial charge in [0.25, 0.3) is 0 Å². The summed E-state index contributed by atoms with van der Waals surface area (Å²) in [7, 11) is 0. The third kappa shape index (κ3) is 3.56. The van der Waals surface area contributed by atoms with Crippen molar-refractivity contribution in [2.45, 2.75) is 19.8 Å². The van der Waals surface area contributed by atoms with Crippen LogP contribution in [-0.4, -0.2) is 30.2 Å². The van der Waals surface area contributed by atoms with Crippen LogP contribution in [0.5, 0.6) is 5.75 Å². The number of amides is 3. The Balaban J connectivity index is 1.16. The molecule has 2 aliphatic heterocycles. The van der Waals surface area contributed by atoms with Crippen molar-refractivity contribution < 1.29 is 23.9 Å². The SMILES string of the molecule is Cc1cc(OC(=O)[C@@H]2CC(=O)N(c3cc(Cl)ccc3Cl)C2)ccc1N1C(=O)[C@H]2[C@H](C1=O)[C@H]1C=C[C@H]2C1. The van der Waals surface area contributed by atoms with E-state index in [0.717, 1.165) is 6.42 Å². The average molecular weight is 525 g/mol. The first-order valence-electron chi connectivity index (χ1n) is 11.9. The topological polar surface area (TPSA) is 84.0 Å². The van der Waals surface area contributed by atoms with Crippen LogP contribution in [0.25, 0.3) is 0 Å². The van der Waals surface area contributed by atoms with E-state index in [1.165, 1.54) is 9.80 Å². The fourth-order valence-corrected chi connectivity index (χ4v) is 6.46. The van der Waals surface area contributed by atoms with Crippen molar-refractivity contribution in [2.24, 2.45) is 29.6 Å². The number of rotatable bonds is 4. The molecule has 0 N–H and O–H groups in total. The number of carbonyl (C=O) groups is 4. The van der Waals surface area contributed by atoms with Crippen molar-refractivity contribution in [3.05, 3.63) is 64.2 Å². The van der Waals surface area contributed by atoms with Gasteiger partial charge in [0, 0.05) is 18.0 Å². The molecule has 6 rings (SSSR count). The summed E-state index contributed by atoms with van der Waals surface area (Å²) in [5.41, 5.74) is 1.62. The molecule has 0 aromatic heterocycles. The minimum atomic E-state index is -0.670. The van der Waals surface area contributed by atoms with Gasteiger partial charge in [0.1, 0.15) is 5.75 Å². The molecule has 0 unspecified atom stereocenters. The van der Waals surface area contributed by atoms with E-state index in [0.29, 0.717) is 27.0 Å². The molecule has 5 atom stereocenters. The van der Waals surface area contributed by atoms with Gasteiger partial charge in [-0.3, -0.25) is 19.2 Å². The minimum absolute atomic E-state index is 0.00529. The van der Waals surface area contributed by atoms with E-state index in [1.54, 1.807) is 43.3 Å². The molecule has 2 aliphatic carbocycles. The number of imide groups is 1. The Hall–Kier alpha value is -3.16. The van der Waals surface area contributed by atoms with Crippen LogP contribution in [0, 0.1) is 36.5 Å². The Morgan fingerprint density at radius 3 is 2.31 bits per heavy atom. The molecule has 3 fully saturated rings. The maximum atomic E-state index is 13.1. The molecule has 2 saturated heterocycles. The van der Waals surface area contributed by atoms with Crippen molar-refractivity contribution in [1.29, 1.82) is 0 Å². The highest BCUT2D eigenvalue weighted by Crippen LogP contribution is 2.53. The fraction of sp³-hybridized carbons (Fsp3) is 0.333. The number of ether oxygens (including phenoxy) is 1. The molecule has 2 bridgehead atoms. The lowest BCUT2D eigenvalue weighted by molar-refractivity contribution is -0.139. The predicted molar refractivity (Wildman–Crippen MR) is 134 cm³/mol. The number of fused-ring (bicyclic) bond motifs is 5. The number of aryl methyl sites for hydroxylation is 1. The standard InChI is InChI=1S/C27H22Cl2N2O5/c1-13-8-18(5-7-20(13)31-25(33)23-14-2-3-15(9-14)24(23)26(31)34)36-27(35)16-10-22(32)30(12-16)21-11-17(28)4-6-19(21)29/h2-8,11,14-16,23-24H,9-10,12H2,1H3/t14-,15-,16+,23+,24+/m0/s1. The van der Waals surface area contributed by atoms with Gasteiger partial charge in [-0.25, -0.2) is 4.90 Å². The van der Waals surface area contributed by atoms with Crippen LogP contribution in [0.2, 0.25) is 10.0 Å². The van der Waals surface area contributed by atoms with E-state index >= 15 is 0 Å². The first-order valence-corrected chi connectivity index (χ1v) is 12.6. The van der Waals surface area contributed by atoms with Gasteiger partial charge in [-0.1, -0.05) is 35.4 Å². The Morgan fingerprint density at radius 1 is 0.944 bits per heavy atom. The van der Waals surface area contributed by atoms with E-state index in [9.17, 15) is 19.2 Å². The normalized spacial score (nSPS) is 28.4. The van der Waals surface area contributed by atoms with E-state index < -0.39 is 11.9 Å². The van der Waals surface area contributed by atoms with Gasteiger partial charge in [0.05, 0.1) is 34.2 Å². The molecule has 0 radical (unpaired) electrons. The fourth-order valence-electron chi connectivity index (χ4n) is 6.07. The molecular formula is C27H22Cl2N2O5. The maximum Gasteiger partial charge on any atom is 0.316 e. The van der Waals surface area contributed by atoms with Crippen molar-refractivity contribution >= 4 is 58.3 Å². The highest BCUT2D eigenvalue weighted by atomic mass is 35.5. The first kappa shape index (κ1) is 23.3. The molecule has 7 nitrogen and oxygen atoms in total. The molecule has 3 amide bonds. The molecule has 2 aromatic rings. The van der Waals surface area contributed by atoms with Gasteiger partial charge in [-0.2, -0.15) is 0 Å². The molecule has 9 heteroatoms. The van der Waals surface area contributed by atoms with E-state index in [-0.39, 0.29) is 60.1 Å². The molecule has 2 aromatic carbocycles. The Kier molecular flexibility index (Phi) is 5.46. The largest absolute Gasteiger partial charge is 0.426 e. The monoisotopic (exact) mass is 524 g/mol. The van der Waals surface area contributed by atoms with Gasteiger partial charge in [0.15, 0.2) is 0 Å². The average Bonchev–Trinajstić information content (AvgIpc) is 3.60. The summed E-state index contributed by atoms with van der Waals surface area (Å²) in [6.45, 7) is 1.90. The van der Waals surface area contributed by atoms with Crippen molar-refractivity contribution in [3.8, 4) is 5.75 Å². The molecule has 184 valence electrons. The molecule has 2 heterocycles. The number of esters is 1. The summed E-state index contributed by atoms with van der Waals surface area (Å²) < 4.78 is 5.58. The van der Waals surface area contributed by atoms with Gasteiger partial charge in [-0.05, 0) is 67.1 Å². The summed E-state index contributed by atoms with van der Waals surface area (Å²) >= 11 is 12.3. The van der Waals surface area contributed by atoms with E-state index in [4.69, 9.17) is 27.9 Å². The highest BCUT2D eigenvalue weighted by Gasteiger charge is 2.59. The van der Waals surface area contributed by atoms with Crippen molar-refractivity contribution in [3.63, 3.8) is 0 Å². The summed E-state index contributed by atoms with van der Waals surface area (Å²) in [5, 5.41) is 0.804. The number of nitrogens with zero attached hydrogens (tertiary/aromatic N) is 2. The van der Waals surface area contributed by atoms with Crippen LogP contribution in [0.1, 0.15) is 18.4 Å². The summed E-state index contributed by atoms with van der Waals surface area (Å²) in [6, 6.07) is 9.67. The number of hydrogen-bond acceptors (Lipinski definition) is 5. The number of anilines is 2. The predicted octanol–water partition coefficient (Wildman–Crippen LogP) is 4.57. The number of allylic oxidation sites excluding steroid dienone is 2. The van der Waals surface area contributed by atoms with Gasteiger partial charge in [-0.15, -0.1) is 0 Å². The summed E-state index contributed by atoms with van der Waals surface area (Å²) in [6.07, 6.45) is 4.99. The lowest BCUT2D eigenvalue weighted by Gasteiger charge is -2.20. The number of halogens is 2. The van der Waals surface area contributed by atoms with Gasteiger partial charge in [0.2, 0.25) is 17.7 Å². The Bertz CT molecular complexity index is 1340. The quantitative estimate of drug-likeness (QED) is 0.253. The van der Waals surface area contributed by atoms with Gasteiger partial charge < -0.3 is 9.64 Å². The van der Waals surface area contributed by atoms with Crippen LogP contribution in [0.15, 0.2) is 48.6 Å². The number of hydrogen-bond donors (Lipinski definition) is 0. The summed E-state index contributed by atoms with van der Waals surface area (Å²) in [5.74, 6) is -1.76. The Labute approximate surface area is 217 Å². The molecule has 1 saturated carbocycles. The lowest BCUT2D eigenvalue weighted by Crippen LogP contribution is -2.33. The lowest BCUT2D eigenvalue weighted by atomic mass is 9.85. The second kappa shape index (κ2) is 8.46. The van der Waals surface area contributed by atoms with Crippen LogP contribution in [0.3, 0.4) is 0 Å². The minimum Gasteiger partial charge on any atom is -0.426 e. The van der Waals surface area contributed by atoms with Crippen molar-refractivity contribution in [2.75, 3.05) is 16.3 Å². The summed E-state index contributed by atoms with van der Waals surface area (Å²) in [4.78, 5) is 54.5. The zero-order valence-electron chi connectivity index (χ0n) is 19.3. The van der Waals surface area contributed by atoms with Gasteiger partial charge >= 0.3 is 5.97 Å². The molecule has 36 heavy (non-hydrogen) atoms. The van der Waals surface area contributed by atoms with Crippen molar-refractivity contribution in [1.82, 2.24) is 0 Å². The number of benzene rings is 2. The highest BCUT2D eigenvalue weighted by molar-refractivity contribution is 6.36.